The third-order valence-electron chi connectivity index (χ3n) is 3.05. The SMILES string of the molecule is O=C(O)[C@H]1CCCN1Cc1cccc(Br)c1F. The Morgan fingerprint density at radius 1 is 1.59 bits per heavy atom. The minimum atomic E-state index is -0.821. The van der Waals surface area contributed by atoms with Gasteiger partial charge in [-0.15, -0.1) is 0 Å². The predicted molar refractivity (Wildman–Crippen MR) is 65.2 cm³/mol. The summed E-state index contributed by atoms with van der Waals surface area (Å²) in [6.07, 6.45) is 1.50. The number of aliphatic carboxylic acids is 1. The molecule has 1 atom stereocenters. The molecule has 0 aromatic heterocycles. The number of carboxylic acids is 1. The van der Waals surface area contributed by atoms with Crippen LogP contribution in [0.2, 0.25) is 0 Å². The number of rotatable bonds is 3. The molecule has 1 aromatic carbocycles. The fourth-order valence-electron chi connectivity index (χ4n) is 2.18. The first kappa shape index (κ1) is 12.5. The molecule has 0 spiro atoms. The van der Waals surface area contributed by atoms with Crippen LogP contribution in [0.1, 0.15) is 18.4 Å². The molecule has 1 aliphatic rings. The molecule has 17 heavy (non-hydrogen) atoms. The molecule has 92 valence electrons. The molecule has 0 bridgehead atoms. The molecule has 0 amide bonds. The van der Waals surface area contributed by atoms with Crippen LogP contribution >= 0.6 is 15.9 Å². The van der Waals surface area contributed by atoms with E-state index in [9.17, 15) is 9.18 Å². The van der Waals surface area contributed by atoms with Crippen LogP contribution < -0.4 is 0 Å². The molecular weight excluding hydrogens is 289 g/mol. The fourth-order valence-corrected chi connectivity index (χ4v) is 2.59. The van der Waals surface area contributed by atoms with E-state index in [0.29, 0.717) is 29.5 Å². The minimum Gasteiger partial charge on any atom is -0.480 e. The van der Waals surface area contributed by atoms with E-state index in [1.807, 2.05) is 4.90 Å². The topological polar surface area (TPSA) is 40.5 Å². The summed E-state index contributed by atoms with van der Waals surface area (Å²) in [5.74, 6) is -1.12. The van der Waals surface area contributed by atoms with Gasteiger partial charge in [0.25, 0.3) is 0 Å². The maximum Gasteiger partial charge on any atom is 0.320 e. The van der Waals surface area contributed by atoms with Crippen molar-refractivity contribution in [2.75, 3.05) is 6.54 Å². The van der Waals surface area contributed by atoms with Crippen molar-refractivity contribution in [2.24, 2.45) is 0 Å². The standard InChI is InChI=1S/C12H13BrFNO2/c13-9-4-1-3-8(11(9)14)7-15-6-2-5-10(15)12(16)17/h1,3-4,10H,2,5-7H2,(H,16,17)/t10-/m1/s1. The van der Waals surface area contributed by atoms with Crippen molar-refractivity contribution in [3.05, 3.63) is 34.1 Å². The summed E-state index contributed by atoms with van der Waals surface area (Å²) in [5, 5.41) is 9.04. The van der Waals surface area contributed by atoms with E-state index in [0.717, 1.165) is 6.42 Å². The van der Waals surface area contributed by atoms with Crippen LogP contribution in [0.3, 0.4) is 0 Å². The van der Waals surface area contributed by atoms with Gasteiger partial charge in [-0.2, -0.15) is 0 Å². The Morgan fingerprint density at radius 3 is 3.06 bits per heavy atom. The van der Waals surface area contributed by atoms with E-state index in [2.05, 4.69) is 15.9 Å². The van der Waals surface area contributed by atoms with Crippen LogP contribution in [-0.2, 0) is 11.3 Å². The van der Waals surface area contributed by atoms with Gasteiger partial charge in [-0.3, -0.25) is 9.69 Å². The molecule has 0 aliphatic carbocycles. The number of benzene rings is 1. The Kier molecular flexibility index (Phi) is 3.79. The minimum absolute atomic E-state index is 0.302. The van der Waals surface area contributed by atoms with Crippen LogP contribution in [0, 0.1) is 5.82 Å². The lowest BCUT2D eigenvalue weighted by molar-refractivity contribution is -0.142. The van der Waals surface area contributed by atoms with Gasteiger partial charge in [0.2, 0.25) is 0 Å². The maximum atomic E-state index is 13.8. The Labute approximate surface area is 107 Å². The zero-order valence-corrected chi connectivity index (χ0v) is 10.8. The number of halogens is 2. The lowest BCUT2D eigenvalue weighted by Crippen LogP contribution is -2.35. The molecule has 0 saturated carbocycles. The van der Waals surface area contributed by atoms with E-state index >= 15 is 0 Å². The molecule has 1 heterocycles. The number of nitrogens with zero attached hydrogens (tertiary/aromatic N) is 1. The van der Waals surface area contributed by atoms with Gasteiger partial charge in [-0.25, -0.2) is 4.39 Å². The van der Waals surface area contributed by atoms with Crippen molar-refractivity contribution in [2.45, 2.75) is 25.4 Å². The molecule has 0 radical (unpaired) electrons. The highest BCUT2D eigenvalue weighted by Gasteiger charge is 2.30. The first-order valence-corrected chi connectivity index (χ1v) is 6.28. The van der Waals surface area contributed by atoms with Gasteiger partial charge >= 0.3 is 5.97 Å². The summed E-state index contributed by atoms with van der Waals surface area (Å²) >= 11 is 3.13. The zero-order valence-electron chi connectivity index (χ0n) is 9.20. The van der Waals surface area contributed by atoms with Crippen molar-refractivity contribution < 1.29 is 14.3 Å². The van der Waals surface area contributed by atoms with Crippen LogP contribution in [0.25, 0.3) is 0 Å². The quantitative estimate of drug-likeness (QED) is 0.933. The Bertz CT molecular complexity index is 439. The van der Waals surface area contributed by atoms with Crippen LogP contribution in [0.4, 0.5) is 4.39 Å². The van der Waals surface area contributed by atoms with E-state index in [1.54, 1.807) is 18.2 Å². The lowest BCUT2D eigenvalue weighted by atomic mass is 10.1. The van der Waals surface area contributed by atoms with Gasteiger partial charge in [0.1, 0.15) is 11.9 Å². The van der Waals surface area contributed by atoms with Crippen LogP contribution in [-0.4, -0.2) is 28.6 Å². The molecule has 1 aromatic rings. The molecule has 5 heteroatoms. The maximum absolute atomic E-state index is 13.8. The Hall–Kier alpha value is -0.940. The highest BCUT2D eigenvalue weighted by molar-refractivity contribution is 9.10. The molecular formula is C12H13BrFNO2. The average Bonchev–Trinajstić information content (AvgIpc) is 2.73. The average molecular weight is 302 g/mol. The third-order valence-corrected chi connectivity index (χ3v) is 3.67. The second kappa shape index (κ2) is 5.14. The Morgan fingerprint density at radius 2 is 2.35 bits per heavy atom. The highest BCUT2D eigenvalue weighted by atomic mass is 79.9. The number of hydrogen-bond acceptors (Lipinski definition) is 2. The molecule has 0 unspecified atom stereocenters. The molecule has 1 N–H and O–H groups in total. The second-order valence-corrected chi connectivity index (χ2v) is 5.03. The molecule has 2 rings (SSSR count). The highest BCUT2D eigenvalue weighted by Crippen LogP contribution is 2.24. The summed E-state index contributed by atoms with van der Waals surface area (Å²) in [6.45, 7) is 1.06. The predicted octanol–water partition coefficient (Wildman–Crippen LogP) is 2.64. The molecule has 1 aliphatic heterocycles. The van der Waals surface area contributed by atoms with Gasteiger partial charge in [0.05, 0.1) is 4.47 Å². The number of hydrogen-bond donors (Lipinski definition) is 1. The van der Waals surface area contributed by atoms with E-state index in [1.165, 1.54) is 0 Å². The van der Waals surface area contributed by atoms with E-state index < -0.39 is 12.0 Å². The van der Waals surface area contributed by atoms with Gasteiger partial charge in [-0.05, 0) is 41.4 Å². The van der Waals surface area contributed by atoms with Gasteiger partial charge in [0.15, 0.2) is 0 Å². The number of likely N-dealkylation sites (tertiary alicyclic amines) is 1. The monoisotopic (exact) mass is 301 g/mol. The normalized spacial score (nSPS) is 20.7. The summed E-state index contributed by atoms with van der Waals surface area (Å²) < 4.78 is 14.2. The fraction of sp³-hybridized carbons (Fsp3) is 0.417. The summed E-state index contributed by atoms with van der Waals surface area (Å²) in [6, 6.07) is 4.61. The van der Waals surface area contributed by atoms with Crippen LogP contribution in [0.5, 0.6) is 0 Å². The number of carboxylic acid groups (broad SMARTS) is 1. The van der Waals surface area contributed by atoms with Crippen molar-refractivity contribution in [1.29, 1.82) is 0 Å². The third kappa shape index (κ3) is 2.66. The summed E-state index contributed by atoms with van der Waals surface area (Å²) in [4.78, 5) is 12.8. The van der Waals surface area contributed by atoms with Crippen LogP contribution in [0.15, 0.2) is 22.7 Å². The first-order valence-electron chi connectivity index (χ1n) is 5.49. The van der Waals surface area contributed by atoms with Crippen molar-refractivity contribution in [1.82, 2.24) is 4.90 Å². The van der Waals surface area contributed by atoms with Gasteiger partial charge in [-0.1, -0.05) is 12.1 Å². The lowest BCUT2D eigenvalue weighted by Gasteiger charge is -2.21. The van der Waals surface area contributed by atoms with Crippen molar-refractivity contribution in [3.63, 3.8) is 0 Å². The van der Waals surface area contributed by atoms with Gasteiger partial charge in [0, 0.05) is 12.1 Å². The number of carbonyl (C=O) groups is 1. The first-order chi connectivity index (χ1) is 8.09. The Balaban J connectivity index is 2.15. The largest absolute Gasteiger partial charge is 0.480 e. The van der Waals surface area contributed by atoms with E-state index in [4.69, 9.17) is 5.11 Å². The molecule has 3 nitrogen and oxygen atoms in total. The van der Waals surface area contributed by atoms with Gasteiger partial charge < -0.3 is 5.11 Å². The van der Waals surface area contributed by atoms with E-state index in [-0.39, 0.29) is 5.82 Å². The van der Waals surface area contributed by atoms with Crippen molar-refractivity contribution >= 4 is 21.9 Å². The summed E-state index contributed by atoms with van der Waals surface area (Å²) in [7, 11) is 0. The zero-order chi connectivity index (χ0) is 12.4. The summed E-state index contributed by atoms with van der Waals surface area (Å²) in [5.41, 5.74) is 0.535. The molecule has 1 fully saturated rings. The molecule has 1 saturated heterocycles. The second-order valence-electron chi connectivity index (χ2n) is 4.18. The van der Waals surface area contributed by atoms with Crippen molar-refractivity contribution in [3.8, 4) is 0 Å². The smallest absolute Gasteiger partial charge is 0.320 e.